The minimum Gasteiger partial charge on any atom is -0.480 e. The van der Waals surface area contributed by atoms with Gasteiger partial charge in [0.15, 0.2) is 0 Å². The number of carboxylic acid groups (broad SMARTS) is 1. The molecule has 4 aromatic rings. The van der Waals surface area contributed by atoms with Gasteiger partial charge in [0.05, 0.1) is 0 Å². The largest absolute Gasteiger partial charge is 0.480 e. The number of hydrogen-bond acceptors (Lipinski definition) is 3. The van der Waals surface area contributed by atoms with Crippen LogP contribution in [0.4, 0.5) is 0 Å². The second-order valence-corrected chi connectivity index (χ2v) is 10.4. The fraction of sp³-hybridized carbons (Fsp3) is 0.250. The summed E-state index contributed by atoms with van der Waals surface area (Å²) in [5.74, 6) is -0.697. The van der Waals surface area contributed by atoms with Gasteiger partial charge in [0.1, 0.15) is 6.04 Å². The number of thioether (sulfide) groups is 1. The average molecular weight is 512 g/mol. The summed E-state index contributed by atoms with van der Waals surface area (Å²) in [6, 6.07) is 28.1. The lowest BCUT2D eigenvalue weighted by molar-refractivity contribution is -0.139. The molecule has 5 heteroatoms. The quantitative estimate of drug-likeness (QED) is 0.229. The summed E-state index contributed by atoms with van der Waals surface area (Å²) in [6.07, 6.45) is 5.17. The first-order valence-electron chi connectivity index (χ1n) is 12.7. The van der Waals surface area contributed by atoms with Crippen molar-refractivity contribution in [2.45, 2.75) is 38.6 Å². The molecule has 2 N–H and O–H groups in total. The molecule has 0 bridgehead atoms. The van der Waals surface area contributed by atoms with Crippen LogP contribution in [0.15, 0.2) is 84.9 Å². The molecule has 0 radical (unpaired) electrons. The van der Waals surface area contributed by atoms with Crippen molar-refractivity contribution < 1.29 is 14.7 Å². The highest BCUT2D eigenvalue weighted by Crippen LogP contribution is 2.29. The zero-order valence-electron chi connectivity index (χ0n) is 21.4. The molecule has 190 valence electrons. The summed E-state index contributed by atoms with van der Waals surface area (Å²) in [6.45, 7) is 2.03. The second-order valence-electron chi connectivity index (χ2n) is 9.38. The average Bonchev–Trinajstić information content (AvgIpc) is 2.91. The Bertz CT molecular complexity index is 1400. The number of nitrogens with one attached hydrogen (secondary N) is 1. The molecule has 0 aliphatic heterocycles. The summed E-state index contributed by atoms with van der Waals surface area (Å²) in [5.41, 5.74) is 5.88. The maximum atomic E-state index is 13.3. The number of carbonyl (C=O) groups is 2. The molecule has 0 fully saturated rings. The van der Waals surface area contributed by atoms with E-state index in [2.05, 4.69) is 53.8 Å². The maximum absolute atomic E-state index is 13.3. The third kappa shape index (κ3) is 6.80. The van der Waals surface area contributed by atoms with E-state index in [0.717, 1.165) is 41.5 Å². The summed E-state index contributed by atoms with van der Waals surface area (Å²) in [4.78, 5) is 25.0. The number of aliphatic carboxylic acids is 1. The molecule has 37 heavy (non-hydrogen) atoms. The monoisotopic (exact) mass is 511 g/mol. The Morgan fingerprint density at radius 2 is 1.51 bits per heavy atom. The number of amides is 1. The number of carbonyl (C=O) groups excluding carboxylic acids is 1. The van der Waals surface area contributed by atoms with E-state index in [-0.39, 0.29) is 5.91 Å². The van der Waals surface area contributed by atoms with E-state index in [9.17, 15) is 14.7 Å². The van der Waals surface area contributed by atoms with Gasteiger partial charge in [-0.25, -0.2) is 4.79 Å². The van der Waals surface area contributed by atoms with Gasteiger partial charge in [-0.3, -0.25) is 4.79 Å². The molecule has 0 heterocycles. The van der Waals surface area contributed by atoms with Crippen LogP contribution < -0.4 is 5.32 Å². The molecule has 0 saturated carbocycles. The van der Waals surface area contributed by atoms with Crippen molar-refractivity contribution in [3.05, 3.63) is 107 Å². The molecule has 0 aliphatic carbocycles. The number of rotatable bonds is 11. The minimum absolute atomic E-state index is 0.352. The van der Waals surface area contributed by atoms with Crippen molar-refractivity contribution in [1.29, 1.82) is 0 Å². The highest BCUT2D eigenvalue weighted by atomic mass is 32.2. The Morgan fingerprint density at radius 1 is 0.838 bits per heavy atom. The van der Waals surface area contributed by atoms with Gasteiger partial charge >= 0.3 is 5.97 Å². The first-order chi connectivity index (χ1) is 18.0. The molecule has 1 unspecified atom stereocenters. The zero-order chi connectivity index (χ0) is 26.2. The predicted molar refractivity (Wildman–Crippen MR) is 154 cm³/mol. The Kier molecular flexibility index (Phi) is 9.02. The van der Waals surface area contributed by atoms with E-state index in [1.54, 1.807) is 11.8 Å². The van der Waals surface area contributed by atoms with E-state index in [4.69, 9.17) is 0 Å². The molecule has 1 amide bonds. The van der Waals surface area contributed by atoms with Gasteiger partial charge in [-0.15, -0.1) is 0 Å². The molecular weight excluding hydrogens is 478 g/mol. The van der Waals surface area contributed by atoms with Crippen LogP contribution in [0.2, 0.25) is 0 Å². The van der Waals surface area contributed by atoms with E-state index >= 15 is 0 Å². The van der Waals surface area contributed by atoms with Crippen molar-refractivity contribution >= 4 is 34.4 Å². The van der Waals surface area contributed by atoms with Crippen molar-refractivity contribution in [3.8, 4) is 11.1 Å². The molecule has 4 nitrogen and oxygen atoms in total. The minimum atomic E-state index is -1.01. The van der Waals surface area contributed by atoms with Gasteiger partial charge in [0, 0.05) is 5.56 Å². The topological polar surface area (TPSA) is 66.4 Å². The van der Waals surface area contributed by atoms with Crippen LogP contribution in [0.3, 0.4) is 0 Å². The van der Waals surface area contributed by atoms with Crippen LogP contribution in [-0.2, 0) is 17.6 Å². The van der Waals surface area contributed by atoms with Crippen molar-refractivity contribution in [2.75, 3.05) is 12.0 Å². The van der Waals surface area contributed by atoms with Crippen LogP contribution in [0.25, 0.3) is 21.9 Å². The molecular formula is C32H33NO3S. The molecule has 0 aliphatic rings. The van der Waals surface area contributed by atoms with E-state index in [1.165, 1.54) is 16.3 Å². The summed E-state index contributed by atoms with van der Waals surface area (Å²) in [5, 5.41) is 14.9. The number of aryl methyl sites for hydroxylation is 3. The number of carboxylic acids is 1. The van der Waals surface area contributed by atoms with Crippen LogP contribution in [-0.4, -0.2) is 35.0 Å². The molecule has 4 rings (SSSR count). The van der Waals surface area contributed by atoms with Gasteiger partial charge < -0.3 is 10.4 Å². The normalized spacial score (nSPS) is 11.8. The Morgan fingerprint density at radius 3 is 2.24 bits per heavy atom. The SMILES string of the molecule is CSCCC(NC(=O)c1ccc(CCCc2ccc3ccccc3c2)cc1-c1ccccc1C)C(=O)O. The summed E-state index contributed by atoms with van der Waals surface area (Å²) < 4.78 is 0. The fourth-order valence-corrected chi connectivity index (χ4v) is 5.13. The van der Waals surface area contributed by atoms with Crippen LogP contribution in [0, 0.1) is 6.92 Å². The smallest absolute Gasteiger partial charge is 0.326 e. The van der Waals surface area contributed by atoms with Gasteiger partial charge in [0.2, 0.25) is 0 Å². The predicted octanol–water partition coefficient (Wildman–Crippen LogP) is 6.93. The highest BCUT2D eigenvalue weighted by molar-refractivity contribution is 7.98. The first-order valence-corrected chi connectivity index (χ1v) is 14.0. The van der Waals surface area contributed by atoms with Crippen LogP contribution in [0.1, 0.15) is 39.9 Å². The van der Waals surface area contributed by atoms with E-state index in [0.29, 0.717) is 17.7 Å². The summed E-state index contributed by atoms with van der Waals surface area (Å²) in [7, 11) is 0. The Hall–Kier alpha value is -3.57. The maximum Gasteiger partial charge on any atom is 0.326 e. The molecule has 0 aromatic heterocycles. The lowest BCUT2D eigenvalue weighted by Crippen LogP contribution is -2.41. The number of hydrogen-bond donors (Lipinski definition) is 2. The standard InChI is InChI=1S/C32H33NO3S/c1-22-8-3-6-13-27(22)29-21-24(10-7-9-23-14-16-25-11-4-5-12-26(25)20-23)15-17-28(29)31(34)33-30(32(35)36)18-19-37-2/h3-6,8,11-17,20-21,30H,7,9-10,18-19H2,1-2H3,(H,33,34)(H,35,36). The van der Waals surface area contributed by atoms with Crippen LogP contribution in [0.5, 0.6) is 0 Å². The third-order valence-electron chi connectivity index (χ3n) is 6.72. The van der Waals surface area contributed by atoms with Crippen LogP contribution >= 0.6 is 11.8 Å². The molecule has 0 saturated heterocycles. The number of benzene rings is 4. The molecule has 1 atom stereocenters. The van der Waals surface area contributed by atoms with Gasteiger partial charge in [0.25, 0.3) is 5.91 Å². The van der Waals surface area contributed by atoms with Gasteiger partial charge in [-0.2, -0.15) is 11.8 Å². The molecule has 0 spiro atoms. The lowest BCUT2D eigenvalue weighted by atomic mass is 9.92. The third-order valence-corrected chi connectivity index (χ3v) is 7.37. The van der Waals surface area contributed by atoms with Crippen molar-refractivity contribution in [3.63, 3.8) is 0 Å². The van der Waals surface area contributed by atoms with E-state index < -0.39 is 12.0 Å². The molecule has 4 aromatic carbocycles. The Labute approximate surface area is 223 Å². The van der Waals surface area contributed by atoms with Crippen molar-refractivity contribution in [1.82, 2.24) is 5.32 Å². The fourth-order valence-electron chi connectivity index (χ4n) is 4.66. The van der Waals surface area contributed by atoms with Gasteiger partial charge in [-0.05, 0) is 89.3 Å². The zero-order valence-corrected chi connectivity index (χ0v) is 22.2. The second kappa shape index (κ2) is 12.6. The van der Waals surface area contributed by atoms with Crippen molar-refractivity contribution in [2.24, 2.45) is 0 Å². The highest BCUT2D eigenvalue weighted by Gasteiger charge is 2.22. The van der Waals surface area contributed by atoms with Gasteiger partial charge in [-0.1, -0.05) is 78.9 Å². The number of fused-ring (bicyclic) bond motifs is 1. The van der Waals surface area contributed by atoms with E-state index in [1.807, 2.05) is 49.6 Å². The lowest BCUT2D eigenvalue weighted by Gasteiger charge is -2.17. The first kappa shape index (κ1) is 26.5. The summed E-state index contributed by atoms with van der Waals surface area (Å²) >= 11 is 1.57. The Balaban J connectivity index is 1.55.